The highest BCUT2D eigenvalue weighted by atomic mass is 15.1. The van der Waals surface area contributed by atoms with Crippen LogP contribution in [0.15, 0.2) is 194 Å². The molecular weight excluding hydrogens is 615 g/mol. The lowest BCUT2D eigenvalue weighted by Gasteiger charge is -2.28. The molecule has 1 unspecified atom stereocenters. The zero-order chi connectivity index (χ0) is 35.2. The van der Waals surface area contributed by atoms with E-state index in [1.54, 1.807) is 6.08 Å². The lowest BCUT2D eigenvalue weighted by atomic mass is 9.81. The predicted octanol–water partition coefficient (Wildman–Crippen LogP) is 14.0. The smallest absolute Gasteiger partial charge is 0.0465 e. The van der Waals surface area contributed by atoms with Crippen molar-refractivity contribution in [1.29, 1.82) is 0 Å². The van der Waals surface area contributed by atoms with Crippen LogP contribution in [0, 0.1) is 0 Å². The zero-order valence-electron chi connectivity index (χ0n) is 29.8. The minimum Gasteiger partial charge on any atom is -0.310 e. The molecular formula is C50H45N. The minimum absolute atomic E-state index is 0.114. The Morgan fingerprint density at radius 1 is 0.608 bits per heavy atom. The van der Waals surface area contributed by atoms with E-state index in [1.165, 1.54) is 55.8 Å². The maximum absolute atomic E-state index is 3.36. The van der Waals surface area contributed by atoms with E-state index in [0.29, 0.717) is 5.92 Å². The lowest BCUT2D eigenvalue weighted by molar-refractivity contribution is 0.660. The first kappa shape index (κ1) is 33.6. The molecule has 250 valence electrons. The summed E-state index contributed by atoms with van der Waals surface area (Å²) in [5, 5.41) is 0. The summed E-state index contributed by atoms with van der Waals surface area (Å²) >= 11 is 0. The summed E-state index contributed by atoms with van der Waals surface area (Å²) in [4.78, 5) is 2.35. The van der Waals surface area contributed by atoms with Crippen LogP contribution < -0.4 is 4.90 Å². The van der Waals surface area contributed by atoms with E-state index in [2.05, 4.69) is 207 Å². The van der Waals surface area contributed by atoms with Gasteiger partial charge < -0.3 is 4.90 Å². The van der Waals surface area contributed by atoms with Crippen LogP contribution in [0.25, 0.3) is 28.3 Å². The van der Waals surface area contributed by atoms with Crippen LogP contribution in [-0.2, 0) is 5.41 Å². The average molecular weight is 660 g/mol. The molecule has 1 atom stereocenters. The third-order valence-corrected chi connectivity index (χ3v) is 10.0. The molecule has 0 radical (unpaired) electrons. The normalized spacial score (nSPS) is 15.3. The van der Waals surface area contributed by atoms with Crippen LogP contribution in [0.1, 0.15) is 55.4 Å². The van der Waals surface area contributed by atoms with Gasteiger partial charge in [-0.2, -0.15) is 0 Å². The first-order chi connectivity index (χ1) is 25.0. The van der Waals surface area contributed by atoms with Gasteiger partial charge in [-0.15, -0.1) is 6.58 Å². The second kappa shape index (κ2) is 14.9. The Bertz CT molecular complexity index is 2160. The van der Waals surface area contributed by atoms with Crippen LogP contribution in [0.5, 0.6) is 0 Å². The molecule has 0 amide bonds. The number of fused-ring (bicyclic) bond motifs is 3. The van der Waals surface area contributed by atoms with Crippen molar-refractivity contribution in [2.45, 2.75) is 38.5 Å². The summed E-state index contributed by atoms with van der Waals surface area (Å²) in [6.07, 6.45) is 14.3. The number of hydrogen-bond acceptors (Lipinski definition) is 1. The maximum atomic E-state index is 3.36. The van der Waals surface area contributed by atoms with Gasteiger partial charge in [-0.25, -0.2) is 0 Å². The van der Waals surface area contributed by atoms with E-state index < -0.39 is 0 Å². The molecule has 0 aromatic heterocycles. The standard InChI is InChI=1S/C47H39N.C3H6/c1-47(2)45-32-35(19-18-34-20-23-37(24-21-34)39-27-25-38(26-28-39)36-12-6-3-7-13-36)22-30-43(45)44-31-29-42(33-46(44)47)48(40-14-8-4-9-15-40)41-16-10-5-11-17-41;1-3-2/h3-23,25-33,37H,24H2,1-2H3;3H,1H2,2H3/b19-18+;. The van der Waals surface area contributed by atoms with Crippen molar-refractivity contribution in [3.63, 3.8) is 0 Å². The summed E-state index contributed by atoms with van der Waals surface area (Å²) in [6, 6.07) is 54.9. The van der Waals surface area contributed by atoms with Gasteiger partial charge in [-0.3, -0.25) is 0 Å². The number of benzene rings is 6. The van der Waals surface area contributed by atoms with Gasteiger partial charge in [-0.1, -0.05) is 166 Å². The molecule has 8 rings (SSSR count). The van der Waals surface area contributed by atoms with E-state index in [1.807, 2.05) is 6.92 Å². The van der Waals surface area contributed by atoms with Crippen molar-refractivity contribution < 1.29 is 0 Å². The fraction of sp³-hybridized carbons (Fsp3) is 0.120. The molecule has 2 aliphatic carbocycles. The quantitative estimate of drug-likeness (QED) is 0.154. The van der Waals surface area contributed by atoms with Crippen LogP contribution in [0.3, 0.4) is 0 Å². The van der Waals surface area contributed by atoms with Crippen molar-refractivity contribution in [2.24, 2.45) is 0 Å². The topological polar surface area (TPSA) is 3.24 Å². The maximum Gasteiger partial charge on any atom is 0.0465 e. The molecule has 1 nitrogen and oxygen atoms in total. The Kier molecular flexibility index (Phi) is 9.81. The van der Waals surface area contributed by atoms with E-state index in [4.69, 9.17) is 0 Å². The molecule has 0 N–H and O–H groups in total. The highest BCUT2D eigenvalue weighted by molar-refractivity contribution is 5.86. The van der Waals surface area contributed by atoms with Crippen LogP contribution >= 0.6 is 0 Å². The highest BCUT2D eigenvalue weighted by Gasteiger charge is 2.36. The summed E-state index contributed by atoms with van der Waals surface area (Å²) in [5.41, 5.74) is 15.2. The third kappa shape index (κ3) is 7.07. The second-order valence-corrected chi connectivity index (χ2v) is 13.8. The first-order valence-electron chi connectivity index (χ1n) is 17.9. The molecule has 0 heterocycles. The second-order valence-electron chi connectivity index (χ2n) is 13.8. The number of allylic oxidation sites excluding steroid dienone is 6. The molecule has 0 saturated heterocycles. The van der Waals surface area contributed by atoms with Crippen LogP contribution in [0.4, 0.5) is 17.1 Å². The van der Waals surface area contributed by atoms with Gasteiger partial charge >= 0.3 is 0 Å². The SMILES string of the molecule is C=CC.CC1(C)c2cc(/C=C/C3=CCC(c4ccc(-c5ccccc5)cc4)C=C3)ccc2-c2ccc(N(c3ccccc3)c3ccccc3)cc21. The number of anilines is 3. The molecule has 0 saturated carbocycles. The Balaban J connectivity index is 0.00000131. The Morgan fingerprint density at radius 3 is 1.75 bits per heavy atom. The largest absolute Gasteiger partial charge is 0.310 e. The summed E-state index contributed by atoms with van der Waals surface area (Å²) < 4.78 is 0. The van der Waals surface area contributed by atoms with E-state index >= 15 is 0 Å². The third-order valence-electron chi connectivity index (χ3n) is 10.0. The predicted molar refractivity (Wildman–Crippen MR) is 220 cm³/mol. The van der Waals surface area contributed by atoms with Crippen molar-refractivity contribution in [1.82, 2.24) is 0 Å². The van der Waals surface area contributed by atoms with Crippen molar-refractivity contribution in [2.75, 3.05) is 4.90 Å². The molecule has 1 heteroatoms. The summed E-state index contributed by atoms with van der Waals surface area (Å²) in [6.45, 7) is 9.98. The Morgan fingerprint density at radius 2 is 1.16 bits per heavy atom. The number of rotatable bonds is 7. The Hall–Kier alpha value is -5.92. The van der Waals surface area contributed by atoms with Gasteiger partial charge in [0.2, 0.25) is 0 Å². The van der Waals surface area contributed by atoms with E-state index in [0.717, 1.165) is 17.8 Å². The van der Waals surface area contributed by atoms with Gasteiger partial charge in [0.05, 0.1) is 0 Å². The lowest BCUT2D eigenvalue weighted by Crippen LogP contribution is -2.16. The van der Waals surface area contributed by atoms with Gasteiger partial charge in [0.25, 0.3) is 0 Å². The van der Waals surface area contributed by atoms with Crippen LogP contribution in [0.2, 0.25) is 0 Å². The van der Waals surface area contributed by atoms with Gasteiger partial charge in [0, 0.05) is 28.4 Å². The average Bonchev–Trinajstić information content (AvgIpc) is 3.41. The zero-order valence-corrected chi connectivity index (χ0v) is 29.8. The highest BCUT2D eigenvalue weighted by Crippen LogP contribution is 2.51. The van der Waals surface area contributed by atoms with E-state index in [9.17, 15) is 0 Å². The van der Waals surface area contributed by atoms with Crippen molar-refractivity contribution >= 4 is 23.1 Å². The molecule has 0 bridgehead atoms. The number of hydrogen-bond donors (Lipinski definition) is 0. The molecule has 0 spiro atoms. The van der Waals surface area contributed by atoms with E-state index in [-0.39, 0.29) is 5.41 Å². The van der Waals surface area contributed by atoms with Gasteiger partial charge in [-0.05, 0) is 99.8 Å². The van der Waals surface area contributed by atoms with Crippen LogP contribution in [-0.4, -0.2) is 0 Å². The number of para-hydroxylation sites is 2. The van der Waals surface area contributed by atoms with Gasteiger partial charge in [0.15, 0.2) is 0 Å². The van der Waals surface area contributed by atoms with Crippen molar-refractivity contribution in [3.05, 3.63) is 216 Å². The minimum atomic E-state index is -0.114. The summed E-state index contributed by atoms with van der Waals surface area (Å²) in [7, 11) is 0. The molecule has 0 fully saturated rings. The monoisotopic (exact) mass is 659 g/mol. The molecule has 6 aromatic rings. The Labute approximate surface area is 304 Å². The summed E-state index contributed by atoms with van der Waals surface area (Å²) in [5.74, 6) is 0.413. The molecule has 51 heavy (non-hydrogen) atoms. The molecule has 0 aliphatic heterocycles. The number of nitrogens with zero attached hydrogens (tertiary/aromatic N) is 1. The van der Waals surface area contributed by atoms with Crippen molar-refractivity contribution in [3.8, 4) is 22.3 Å². The first-order valence-corrected chi connectivity index (χ1v) is 17.9. The van der Waals surface area contributed by atoms with Gasteiger partial charge in [0.1, 0.15) is 0 Å². The fourth-order valence-corrected chi connectivity index (χ4v) is 7.34. The molecule has 2 aliphatic rings. The fourth-order valence-electron chi connectivity index (χ4n) is 7.34. The molecule has 6 aromatic carbocycles.